The molecular formula is C27H53N3O9S. The third-order valence-electron chi connectivity index (χ3n) is 5.34. The molecule has 8 N–H and O–H groups in total. The number of aliphatic hydroxyl groups excluding tert-OH is 2. The molecule has 2 fully saturated rings. The number of hydrogen-bond acceptors (Lipinski definition) is 10. The number of carbonyl (C=O) groups is 3. The van der Waals surface area contributed by atoms with Crippen LogP contribution in [0, 0.1) is 16.2 Å². The van der Waals surface area contributed by atoms with Crippen molar-refractivity contribution in [2.75, 3.05) is 39.6 Å². The molecular weight excluding hydrogens is 542 g/mol. The average Bonchev–Trinajstić information content (AvgIpc) is 2.78. The summed E-state index contributed by atoms with van der Waals surface area (Å²) < 4.78 is 22.1. The van der Waals surface area contributed by atoms with Gasteiger partial charge in [0, 0.05) is 16.2 Å². The van der Waals surface area contributed by atoms with Crippen LogP contribution in [0.4, 0.5) is 0 Å². The number of primary amides is 2. The molecule has 2 aliphatic heterocycles. The molecule has 0 aliphatic carbocycles. The first-order valence-corrected chi connectivity index (χ1v) is 13.4. The summed E-state index contributed by atoms with van der Waals surface area (Å²) in [5, 5.41) is 16.9. The van der Waals surface area contributed by atoms with Gasteiger partial charge in [0.1, 0.15) is 5.78 Å². The van der Waals surface area contributed by atoms with E-state index >= 15 is 0 Å². The van der Waals surface area contributed by atoms with Crippen LogP contribution < -0.4 is 17.2 Å². The summed E-state index contributed by atoms with van der Waals surface area (Å²) in [6.07, 6.45) is 0.460. The predicted molar refractivity (Wildman–Crippen MR) is 156 cm³/mol. The van der Waals surface area contributed by atoms with Gasteiger partial charge in [-0.05, 0) is 20.8 Å². The molecule has 0 bridgehead atoms. The highest BCUT2D eigenvalue weighted by Crippen LogP contribution is 2.31. The number of nitrogens with two attached hydrogens (primary N) is 3. The van der Waals surface area contributed by atoms with Crippen molar-refractivity contribution < 1.29 is 43.5 Å². The highest BCUT2D eigenvalue weighted by atomic mass is 32.1. The molecule has 2 saturated heterocycles. The maximum atomic E-state index is 10.7. The minimum Gasteiger partial charge on any atom is -0.396 e. The van der Waals surface area contributed by atoms with Crippen LogP contribution in [0.5, 0.6) is 0 Å². The quantitative estimate of drug-likeness (QED) is 0.201. The minimum absolute atomic E-state index is 0.0250. The van der Waals surface area contributed by atoms with Crippen LogP contribution >= 0.6 is 12.2 Å². The first-order valence-electron chi connectivity index (χ1n) is 13.0. The molecule has 12 nitrogen and oxygen atoms in total. The van der Waals surface area contributed by atoms with Gasteiger partial charge in [-0.15, -0.1) is 0 Å². The van der Waals surface area contributed by atoms with Crippen LogP contribution in [0.15, 0.2) is 0 Å². The van der Waals surface area contributed by atoms with Gasteiger partial charge in [0.2, 0.25) is 11.8 Å². The van der Waals surface area contributed by atoms with E-state index in [1.54, 1.807) is 20.8 Å². The van der Waals surface area contributed by atoms with Crippen LogP contribution in [0.25, 0.3) is 0 Å². The number of Topliss-reactive ketones (excluding diaryl/α,β-unsaturated/α-hetero) is 1. The standard InChI is InChI=1S/C9H17NO3.C9H17NO2S.C5H12O2.C4H7NO2/c1-8(2)5-12-9(3,13-6-8)4-7(10)11;1-8(2)5-11-9(3,12-6-8)4-7(10)13;1-5(2,3-6)4-7;1-3(6)2-4(5)7/h4-6H2,1-3H3,(H2,10,11);4-6H2,1-3H3,(H2,10,13);6-7H,3-4H2,1-2H3;2H2,1H3,(H2,5,7). The summed E-state index contributed by atoms with van der Waals surface area (Å²) in [5.74, 6) is -2.58. The van der Waals surface area contributed by atoms with Gasteiger partial charge >= 0.3 is 0 Å². The van der Waals surface area contributed by atoms with Gasteiger partial charge in [0.15, 0.2) is 11.6 Å². The molecule has 236 valence electrons. The summed E-state index contributed by atoms with van der Waals surface area (Å²) in [6.45, 7) is 19.5. The van der Waals surface area contributed by atoms with Crippen molar-refractivity contribution >= 4 is 34.8 Å². The first-order chi connectivity index (χ1) is 17.9. The second kappa shape index (κ2) is 17.3. The fourth-order valence-corrected chi connectivity index (χ4v) is 2.95. The number of amides is 2. The molecule has 0 aromatic heterocycles. The molecule has 0 radical (unpaired) electrons. The van der Waals surface area contributed by atoms with Crippen LogP contribution in [0.1, 0.15) is 81.6 Å². The summed E-state index contributed by atoms with van der Waals surface area (Å²) in [7, 11) is 0. The Labute approximate surface area is 244 Å². The third-order valence-corrected chi connectivity index (χ3v) is 5.49. The third kappa shape index (κ3) is 21.1. The lowest BCUT2D eigenvalue weighted by atomic mass is 9.94. The molecule has 0 unspecified atom stereocenters. The molecule has 40 heavy (non-hydrogen) atoms. The Hall–Kier alpha value is -1.74. The first kappa shape index (κ1) is 40.4. The van der Waals surface area contributed by atoms with E-state index in [2.05, 4.69) is 33.4 Å². The van der Waals surface area contributed by atoms with Gasteiger partial charge < -0.3 is 46.4 Å². The topological polar surface area (TPSA) is 207 Å². The summed E-state index contributed by atoms with van der Waals surface area (Å²) >= 11 is 4.82. The fraction of sp³-hybridized carbons (Fsp3) is 0.852. The van der Waals surface area contributed by atoms with Crippen molar-refractivity contribution in [2.24, 2.45) is 33.4 Å². The zero-order chi connectivity index (χ0) is 32.0. The highest BCUT2D eigenvalue weighted by molar-refractivity contribution is 7.80. The number of ether oxygens (including phenoxy) is 4. The molecule has 2 rings (SSSR count). The second-order valence-electron chi connectivity index (χ2n) is 12.9. The summed E-state index contributed by atoms with van der Waals surface area (Å²) in [4.78, 5) is 30.9. The van der Waals surface area contributed by atoms with Crippen LogP contribution in [-0.2, 0) is 33.3 Å². The Morgan fingerprint density at radius 3 is 1.23 bits per heavy atom. The summed E-state index contributed by atoms with van der Waals surface area (Å²) in [6, 6.07) is 0. The Balaban J connectivity index is 0. The van der Waals surface area contributed by atoms with Crippen molar-refractivity contribution in [3.63, 3.8) is 0 Å². The normalized spacial score (nSPS) is 20.1. The van der Waals surface area contributed by atoms with Crippen molar-refractivity contribution in [1.29, 1.82) is 0 Å². The number of rotatable bonds is 8. The zero-order valence-electron chi connectivity index (χ0n) is 25.8. The predicted octanol–water partition coefficient (Wildman–Crippen LogP) is 1.55. The van der Waals surface area contributed by atoms with Crippen molar-refractivity contribution in [3.8, 4) is 0 Å². The Morgan fingerprint density at radius 2 is 1.05 bits per heavy atom. The fourth-order valence-electron chi connectivity index (χ4n) is 2.69. The van der Waals surface area contributed by atoms with E-state index in [0.717, 1.165) is 0 Å². The van der Waals surface area contributed by atoms with Crippen LogP contribution in [-0.4, -0.2) is 84.0 Å². The highest BCUT2D eigenvalue weighted by Gasteiger charge is 2.38. The molecule has 2 amide bonds. The largest absolute Gasteiger partial charge is 0.396 e. The molecule has 0 aromatic carbocycles. The minimum atomic E-state index is -0.818. The number of thiocarbonyl (C=S) groups is 1. The molecule has 2 heterocycles. The molecule has 0 spiro atoms. The number of ketones is 1. The monoisotopic (exact) mass is 595 g/mol. The van der Waals surface area contributed by atoms with E-state index in [4.69, 9.17) is 52.8 Å². The van der Waals surface area contributed by atoms with Crippen molar-refractivity contribution in [2.45, 2.75) is 93.2 Å². The zero-order valence-corrected chi connectivity index (χ0v) is 26.6. The Morgan fingerprint density at radius 1 is 0.725 bits per heavy atom. The van der Waals surface area contributed by atoms with Crippen molar-refractivity contribution in [1.82, 2.24) is 0 Å². The van der Waals surface area contributed by atoms with Crippen LogP contribution in [0.3, 0.4) is 0 Å². The molecule has 0 aromatic rings. The maximum Gasteiger partial charge on any atom is 0.224 e. The van der Waals surface area contributed by atoms with Gasteiger partial charge in [-0.2, -0.15) is 0 Å². The number of carbonyl (C=O) groups excluding carboxylic acids is 3. The van der Waals surface area contributed by atoms with Crippen LogP contribution in [0.2, 0.25) is 0 Å². The molecule has 0 atom stereocenters. The lowest BCUT2D eigenvalue weighted by molar-refractivity contribution is -0.288. The smallest absolute Gasteiger partial charge is 0.224 e. The SMILES string of the molecule is CC(=O)CC(N)=O.CC(C)(CO)CO.CC1(C)COC(C)(CC(N)=O)OC1.CC1(C)COC(C)(CC(N)=S)OC1. The lowest BCUT2D eigenvalue weighted by Gasteiger charge is -2.41. The van der Waals surface area contributed by atoms with Crippen molar-refractivity contribution in [3.05, 3.63) is 0 Å². The van der Waals surface area contributed by atoms with E-state index in [1.165, 1.54) is 6.92 Å². The molecule has 0 saturated carbocycles. The molecule has 2 aliphatic rings. The van der Waals surface area contributed by atoms with E-state index < -0.39 is 23.4 Å². The van der Waals surface area contributed by atoms with E-state index in [9.17, 15) is 14.4 Å². The second-order valence-corrected chi connectivity index (χ2v) is 13.4. The van der Waals surface area contributed by atoms with Gasteiger partial charge in [0.05, 0.1) is 63.9 Å². The van der Waals surface area contributed by atoms with E-state index in [0.29, 0.717) is 37.8 Å². The van der Waals surface area contributed by atoms with E-state index in [-0.39, 0.29) is 48.1 Å². The summed E-state index contributed by atoms with van der Waals surface area (Å²) in [5.41, 5.74) is 15.0. The number of hydrogen-bond donors (Lipinski definition) is 5. The van der Waals surface area contributed by atoms with Gasteiger partial charge in [-0.1, -0.05) is 53.8 Å². The van der Waals surface area contributed by atoms with Gasteiger partial charge in [-0.3, -0.25) is 14.4 Å². The molecule has 13 heteroatoms. The maximum absolute atomic E-state index is 10.7. The number of aliphatic hydroxyl groups is 2. The average molecular weight is 596 g/mol. The van der Waals surface area contributed by atoms with Gasteiger partial charge in [-0.25, -0.2) is 0 Å². The van der Waals surface area contributed by atoms with E-state index in [1.807, 2.05) is 6.92 Å². The Bertz CT molecular complexity index is 748. The van der Waals surface area contributed by atoms with Gasteiger partial charge in [0.25, 0.3) is 0 Å². The lowest BCUT2D eigenvalue weighted by Crippen LogP contribution is -2.47. The Kier molecular flexibility index (Phi) is 17.4.